The smallest absolute Gasteiger partial charge is 0.193 e. The molecule has 0 bridgehead atoms. The van der Waals surface area contributed by atoms with Gasteiger partial charge in [0.25, 0.3) is 0 Å². The lowest BCUT2D eigenvalue weighted by molar-refractivity contribution is 0.103. The third-order valence-electron chi connectivity index (χ3n) is 4.06. The summed E-state index contributed by atoms with van der Waals surface area (Å²) in [6.07, 6.45) is 0. The first-order chi connectivity index (χ1) is 11.1. The SMILES string of the molecule is Cc1cc(C)cc(C(=O)c2cccc(C)c2-c2ccccc2)c1. The second kappa shape index (κ2) is 6.21. The van der Waals surface area contributed by atoms with Crippen LogP contribution in [0.25, 0.3) is 11.1 Å². The van der Waals surface area contributed by atoms with Gasteiger partial charge in [-0.3, -0.25) is 4.79 Å². The minimum Gasteiger partial charge on any atom is -0.289 e. The Morgan fingerprint density at radius 3 is 2.04 bits per heavy atom. The highest BCUT2D eigenvalue weighted by molar-refractivity contribution is 6.13. The molecular formula is C22H20O. The quantitative estimate of drug-likeness (QED) is 0.583. The number of hydrogen-bond donors (Lipinski definition) is 0. The molecule has 3 aromatic rings. The maximum atomic E-state index is 13.1. The van der Waals surface area contributed by atoms with E-state index in [-0.39, 0.29) is 5.78 Å². The first-order valence-electron chi connectivity index (χ1n) is 7.84. The molecule has 0 saturated carbocycles. The molecule has 0 amide bonds. The van der Waals surface area contributed by atoms with Gasteiger partial charge in [-0.15, -0.1) is 0 Å². The van der Waals surface area contributed by atoms with Crippen LogP contribution in [0.3, 0.4) is 0 Å². The molecule has 23 heavy (non-hydrogen) atoms. The summed E-state index contributed by atoms with van der Waals surface area (Å²) in [5, 5.41) is 0. The van der Waals surface area contributed by atoms with E-state index in [4.69, 9.17) is 0 Å². The highest BCUT2D eigenvalue weighted by atomic mass is 16.1. The molecule has 0 fully saturated rings. The predicted octanol–water partition coefficient (Wildman–Crippen LogP) is 5.51. The third-order valence-corrected chi connectivity index (χ3v) is 4.06. The molecule has 0 radical (unpaired) electrons. The van der Waals surface area contributed by atoms with Gasteiger partial charge in [0.05, 0.1) is 0 Å². The van der Waals surface area contributed by atoms with Crippen molar-refractivity contribution in [3.05, 3.63) is 94.5 Å². The molecule has 0 aliphatic rings. The van der Waals surface area contributed by atoms with Crippen molar-refractivity contribution in [1.82, 2.24) is 0 Å². The van der Waals surface area contributed by atoms with Crippen molar-refractivity contribution in [2.24, 2.45) is 0 Å². The Labute approximate surface area is 137 Å². The third kappa shape index (κ3) is 3.09. The van der Waals surface area contributed by atoms with Crippen LogP contribution in [0.15, 0.2) is 66.7 Å². The van der Waals surface area contributed by atoms with Crippen LogP contribution in [0.5, 0.6) is 0 Å². The molecule has 1 nitrogen and oxygen atoms in total. The lowest BCUT2D eigenvalue weighted by atomic mass is 9.90. The van der Waals surface area contributed by atoms with E-state index in [1.807, 2.05) is 56.3 Å². The summed E-state index contributed by atoms with van der Waals surface area (Å²) >= 11 is 0. The number of carbonyl (C=O) groups is 1. The minimum absolute atomic E-state index is 0.0827. The zero-order valence-electron chi connectivity index (χ0n) is 13.8. The Balaban J connectivity index is 2.17. The molecular weight excluding hydrogens is 280 g/mol. The van der Waals surface area contributed by atoms with Crippen molar-refractivity contribution >= 4 is 5.78 Å². The van der Waals surface area contributed by atoms with E-state index in [9.17, 15) is 4.79 Å². The maximum absolute atomic E-state index is 13.1. The lowest BCUT2D eigenvalue weighted by Gasteiger charge is -2.13. The number of aryl methyl sites for hydroxylation is 3. The zero-order chi connectivity index (χ0) is 16.4. The highest BCUT2D eigenvalue weighted by Gasteiger charge is 2.16. The normalized spacial score (nSPS) is 10.6. The van der Waals surface area contributed by atoms with Crippen LogP contribution in [-0.4, -0.2) is 5.78 Å². The molecule has 0 atom stereocenters. The van der Waals surface area contributed by atoms with Crippen LogP contribution in [0.1, 0.15) is 32.6 Å². The molecule has 0 aromatic heterocycles. The summed E-state index contributed by atoms with van der Waals surface area (Å²) in [4.78, 5) is 13.1. The summed E-state index contributed by atoms with van der Waals surface area (Å²) in [6.45, 7) is 6.11. The van der Waals surface area contributed by atoms with Gasteiger partial charge in [-0.1, -0.05) is 65.7 Å². The van der Waals surface area contributed by atoms with Gasteiger partial charge in [-0.2, -0.15) is 0 Å². The van der Waals surface area contributed by atoms with Gasteiger partial charge in [0.15, 0.2) is 5.78 Å². The van der Waals surface area contributed by atoms with Crippen molar-refractivity contribution in [2.45, 2.75) is 20.8 Å². The molecule has 0 aliphatic carbocycles. The van der Waals surface area contributed by atoms with E-state index in [0.717, 1.165) is 38.9 Å². The van der Waals surface area contributed by atoms with Crippen LogP contribution in [-0.2, 0) is 0 Å². The van der Waals surface area contributed by atoms with Gasteiger partial charge in [-0.05, 0) is 49.6 Å². The maximum Gasteiger partial charge on any atom is 0.193 e. The van der Waals surface area contributed by atoms with Crippen LogP contribution < -0.4 is 0 Å². The molecule has 0 aliphatic heterocycles. The van der Waals surface area contributed by atoms with Crippen molar-refractivity contribution in [1.29, 1.82) is 0 Å². The fourth-order valence-corrected chi connectivity index (χ4v) is 3.11. The van der Waals surface area contributed by atoms with E-state index < -0.39 is 0 Å². The standard InChI is InChI=1S/C22H20O/c1-15-12-16(2)14-19(13-15)22(23)20-11-7-8-17(3)21(20)18-9-5-4-6-10-18/h4-14H,1-3H3. The topological polar surface area (TPSA) is 17.1 Å². The molecule has 0 saturated heterocycles. The van der Waals surface area contributed by atoms with Gasteiger partial charge in [0.1, 0.15) is 0 Å². The van der Waals surface area contributed by atoms with E-state index in [1.54, 1.807) is 0 Å². The first kappa shape index (κ1) is 15.2. The van der Waals surface area contributed by atoms with E-state index in [0.29, 0.717) is 0 Å². The van der Waals surface area contributed by atoms with Crippen LogP contribution in [0, 0.1) is 20.8 Å². The molecule has 0 spiro atoms. The van der Waals surface area contributed by atoms with E-state index in [2.05, 4.69) is 31.2 Å². The molecule has 114 valence electrons. The van der Waals surface area contributed by atoms with E-state index in [1.165, 1.54) is 0 Å². The van der Waals surface area contributed by atoms with Crippen molar-refractivity contribution in [3.63, 3.8) is 0 Å². The average molecular weight is 300 g/mol. The molecule has 3 aromatic carbocycles. The number of rotatable bonds is 3. The fraction of sp³-hybridized carbons (Fsp3) is 0.136. The Bertz CT molecular complexity index is 840. The van der Waals surface area contributed by atoms with Crippen LogP contribution in [0.2, 0.25) is 0 Å². The van der Waals surface area contributed by atoms with Crippen LogP contribution in [0.4, 0.5) is 0 Å². The molecule has 0 heterocycles. The monoisotopic (exact) mass is 300 g/mol. The average Bonchev–Trinajstić information content (AvgIpc) is 2.54. The Morgan fingerprint density at radius 1 is 0.739 bits per heavy atom. The van der Waals surface area contributed by atoms with E-state index >= 15 is 0 Å². The number of benzene rings is 3. The van der Waals surface area contributed by atoms with Gasteiger partial charge < -0.3 is 0 Å². The van der Waals surface area contributed by atoms with Crippen molar-refractivity contribution in [2.75, 3.05) is 0 Å². The lowest BCUT2D eigenvalue weighted by Crippen LogP contribution is -2.05. The number of carbonyl (C=O) groups excluding carboxylic acids is 1. The molecule has 0 unspecified atom stereocenters. The van der Waals surface area contributed by atoms with Crippen molar-refractivity contribution < 1.29 is 4.79 Å². The summed E-state index contributed by atoms with van der Waals surface area (Å²) in [7, 11) is 0. The summed E-state index contributed by atoms with van der Waals surface area (Å²) in [5.41, 5.74) is 6.97. The van der Waals surface area contributed by atoms with Crippen LogP contribution >= 0.6 is 0 Å². The molecule has 1 heteroatoms. The highest BCUT2D eigenvalue weighted by Crippen LogP contribution is 2.29. The van der Waals surface area contributed by atoms with Gasteiger partial charge in [0.2, 0.25) is 0 Å². The second-order valence-electron chi connectivity index (χ2n) is 6.07. The summed E-state index contributed by atoms with van der Waals surface area (Å²) in [6, 6.07) is 22.1. The predicted molar refractivity (Wildman–Crippen MR) is 96.0 cm³/mol. The first-order valence-corrected chi connectivity index (χ1v) is 7.84. The number of ketones is 1. The number of hydrogen-bond acceptors (Lipinski definition) is 1. The molecule has 3 rings (SSSR count). The molecule has 0 N–H and O–H groups in total. The Hall–Kier alpha value is -2.67. The van der Waals surface area contributed by atoms with Gasteiger partial charge in [0, 0.05) is 11.1 Å². The van der Waals surface area contributed by atoms with Crippen molar-refractivity contribution in [3.8, 4) is 11.1 Å². The Kier molecular flexibility index (Phi) is 4.12. The largest absolute Gasteiger partial charge is 0.289 e. The zero-order valence-corrected chi connectivity index (χ0v) is 13.8. The van der Waals surface area contributed by atoms with Gasteiger partial charge >= 0.3 is 0 Å². The summed E-state index contributed by atoms with van der Waals surface area (Å²) in [5.74, 6) is 0.0827. The van der Waals surface area contributed by atoms with Gasteiger partial charge in [-0.25, -0.2) is 0 Å². The second-order valence-corrected chi connectivity index (χ2v) is 6.07. The minimum atomic E-state index is 0.0827. The Morgan fingerprint density at radius 2 is 1.39 bits per heavy atom. The fourth-order valence-electron chi connectivity index (χ4n) is 3.11. The summed E-state index contributed by atoms with van der Waals surface area (Å²) < 4.78 is 0.